The molecular formula is C14H17FN2. The highest BCUT2D eigenvalue weighted by Gasteiger charge is 2.41. The summed E-state index contributed by atoms with van der Waals surface area (Å²) in [6.07, 6.45) is 5.69. The molecule has 1 fully saturated rings. The molecule has 0 bridgehead atoms. The molecule has 1 aromatic heterocycles. The highest BCUT2D eigenvalue weighted by Crippen LogP contribution is 2.50. The van der Waals surface area contributed by atoms with E-state index in [-0.39, 0.29) is 5.82 Å². The van der Waals surface area contributed by atoms with E-state index in [9.17, 15) is 4.39 Å². The lowest BCUT2D eigenvalue weighted by molar-refractivity contribution is 0.404. The van der Waals surface area contributed by atoms with E-state index < -0.39 is 0 Å². The Kier molecular flexibility index (Phi) is 2.44. The fourth-order valence-corrected chi connectivity index (χ4v) is 2.64. The van der Waals surface area contributed by atoms with Crippen molar-refractivity contribution in [3.63, 3.8) is 0 Å². The summed E-state index contributed by atoms with van der Waals surface area (Å²) in [5, 5.41) is 0.980. The van der Waals surface area contributed by atoms with Gasteiger partial charge in [-0.05, 0) is 55.5 Å². The average molecular weight is 232 g/mol. The normalized spacial score (nSPS) is 17.5. The molecule has 1 aliphatic rings. The first-order valence-corrected chi connectivity index (χ1v) is 6.17. The van der Waals surface area contributed by atoms with E-state index >= 15 is 0 Å². The molecule has 0 aliphatic heterocycles. The third kappa shape index (κ3) is 1.95. The number of benzene rings is 1. The molecular weight excluding hydrogens is 215 g/mol. The van der Waals surface area contributed by atoms with Crippen molar-refractivity contribution < 1.29 is 4.39 Å². The number of aromatic nitrogens is 1. The standard InChI is InChI=1S/C14H17FN2/c15-12-1-2-13-11(9-12)3-8-17(13)10-14(4-5-14)6-7-16/h1-3,8-9H,4-7,10,16H2. The van der Waals surface area contributed by atoms with Crippen LogP contribution >= 0.6 is 0 Å². The summed E-state index contributed by atoms with van der Waals surface area (Å²) in [5.74, 6) is -0.168. The Labute approximate surface area is 100 Å². The molecule has 3 heteroatoms. The summed E-state index contributed by atoms with van der Waals surface area (Å²) in [5.41, 5.74) is 7.19. The number of halogens is 1. The van der Waals surface area contributed by atoms with Crippen LogP contribution in [0.4, 0.5) is 4.39 Å². The summed E-state index contributed by atoms with van der Waals surface area (Å²) >= 11 is 0. The highest BCUT2D eigenvalue weighted by molar-refractivity contribution is 5.80. The predicted octanol–water partition coefficient (Wildman–Crippen LogP) is 2.91. The molecule has 0 amide bonds. The molecule has 1 heterocycles. The molecule has 0 saturated heterocycles. The SMILES string of the molecule is NCCC1(Cn2ccc3cc(F)ccc32)CC1. The number of hydrogen-bond donors (Lipinski definition) is 1. The monoisotopic (exact) mass is 232 g/mol. The van der Waals surface area contributed by atoms with Gasteiger partial charge in [-0.15, -0.1) is 0 Å². The van der Waals surface area contributed by atoms with Gasteiger partial charge in [0.15, 0.2) is 0 Å². The Morgan fingerprint density at radius 3 is 2.82 bits per heavy atom. The summed E-state index contributed by atoms with van der Waals surface area (Å²) < 4.78 is 15.3. The molecule has 1 aromatic carbocycles. The number of nitrogens with zero attached hydrogens (tertiary/aromatic N) is 1. The minimum atomic E-state index is -0.168. The maximum absolute atomic E-state index is 13.1. The molecule has 90 valence electrons. The summed E-state index contributed by atoms with van der Waals surface area (Å²) in [4.78, 5) is 0. The van der Waals surface area contributed by atoms with E-state index in [2.05, 4.69) is 10.8 Å². The number of rotatable bonds is 4. The molecule has 0 spiro atoms. The van der Waals surface area contributed by atoms with Gasteiger partial charge in [0.1, 0.15) is 5.82 Å². The maximum Gasteiger partial charge on any atom is 0.123 e. The van der Waals surface area contributed by atoms with Gasteiger partial charge in [0, 0.05) is 23.6 Å². The van der Waals surface area contributed by atoms with Crippen LogP contribution in [0.2, 0.25) is 0 Å². The third-order valence-corrected chi connectivity index (χ3v) is 3.87. The van der Waals surface area contributed by atoms with Crippen LogP contribution in [0.5, 0.6) is 0 Å². The quantitative estimate of drug-likeness (QED) is 0.863. The lowest BCUT2D eigenvalue weighted by atomic mass is 10.0. The van der Waals surface area contributed by atoms with Gasteiger partial charge in [0.05, 0.1) is 0 Å². The first-order chi connectivity index (χ1) is 8.22. The predicted molar refractivity (Wildman–Crippen MR) is 67.2 cm³/mol. The van der Waals surface area contributed by atoms with E-state index in [1.54, 1.807) is 6.07 Å². The Morgan fingerprint density at radius 2 is 2.12 bits per heavy atom. The van der Waals surface area contributed by atoms with Gasteiger partial charge in [0.2, 0.25) is 0 Å². The van der Waals surface area contributed by atoms with Crippen molar-refractivity contribution in [2.75, 3.05) is 6.54 Å². The van der Waals surface area contributed by atoms with E-state index in [1.807, 2.05) is 12.1 Å². The van der Waals surface area contributed by atoms with Crippen molar-refractivity contribution >= 4 is 10.9 Å². The minimum absolute atomic E-state index is 0.168. The fraction of sp³-hybridized carbons (Fsp3) is 0.429. The van der Waals surface area contributed by atoms with E-state index in [4.69, 9.17) is 5.73 Å². The van der Waals surface area contributed by atoms with E-state index in [1.165, 1.54) is 18.9 Å². The summed E-state index contributed by atoms with van der Waals surface area (Å²) in [7, 11) is 0. The molecule has 0 unspecified atom stereocenters. The van der Waals surface area contributed by atoms with Crippen molar-refractivity contribution in [2.24, 2.45) is 11.1 Å². The van der Waals surface area contributed by atoms with Crippen molar-refractivity contribution in [2.45, 2.75) is 25.8 Å². The zero-order valence-corrected chi connectivity index (χ0v) is 9.82. The molecule has 1 saturated carbocycles. The van der Waals surface area contributed by atoms with Crippen LogP contribution < -0.4 is 5.73 Å². The highest BCUT2D eigenvalue weighted by atomic mass is 19.1. The Hall–Kier alpha value is -1.35. The van der Waals surface area contributed by atoms with Crippen LogP contribution in [0.15, 0.2) is 30.5 Å². The molecule has 2 aromatic rings. The van der Waals surface area contributed by atoms with Crippen LogP contribution in [0.3, 0.4) is 0 Å². The Morgan fingerprint density at radius 1 is 1.29 bits per heavy atom. The molecule has 0 atom stereocenters. The van der Waals surface area contributed by atoms with Crippen molar-refractivity contribution in [1.82, 2.24) is 4.57 Å². The number of nitrogens with two attached hydrogens (primary N) is 1. The zero-order valence-electron chi connectivity index (χ0n) is 9.82. The fourth-order valence-electron chi connectivity index (χ4n) is 2.64. The van der Waals surface area contributed by atoms with Gasteiger partial charge >= 0.3 is 0 Å². The van der Waals surface area contributed by atoms with Gasteiger partial charge in [-0.2, -0.15) is 0 Å². The Bertz CT molecular complexity index is 540. The Balaban J connectivity index is 1.91. The third-order valence-electron chi connectivity index (χ3n) is 3.87. The topological polar surface area (TPSA) is 30.9 Å². The summed E-state index contributed by atoms with van der Waals surface area (Å²) in [6, 6.07) is 6.97. The second-order valence-corrected chi connectivity index (χ2v) is 5.19. The lowest BCUT2D eigenvalue weighted by Gasteiger charge is -2.15. The first-order valence-electron chi connectivity index (χ1n) is 6.17. The van der Waals surface area contributed by atoms with Crippen molar-refractivity contribution in [3.8, 4) is 0 Å². The molecule has 1 aliphatic carbocycles. The smallest absolute Gasteiger partial charge is 0.123 e. The van der Waals surface area contributed by atoms with E-state index in [0.717, 1.165) is 30.4 Å². The van der Waals surface area contributed by atoms with Gasteiger partial charge in [-0.1, -0.05) is 0 Å². The zero-order chi connectivity index (χ0) is 11.9. The van der Waals surface area contributed by atoms with Crippen LogP contribution in [-0.2, 0) is 6.54 Å². The van der Waals surface area contributed by atoms with Crippen LogP contribution in [0.1, 0.15) is 19.3 Å². The average Bonchev–Trinajstić information content (AvgIpc) is 2.94. The van der Waals surface area contributed by atoms with Crippen molar-refractivity contribution in [1.29, 1.82) is 0 Å². The lowest BCUT2D eigenvalue weighted by Crippen LogP contribution is -2.15. The van der Waals surface area contributed by atoms with Crippen molar-refractivity contribution in [3.05, 3.63) is 36.3 Å². The van der Waals surface area contributed by atoms with Gasteiger partial charge in [-0.25, -0.2) is 4.39 Å². The van der Waals surface area contributed by atoms with Crippen LogP contribution in [-0.4, -0.2) is 11.1 Å². The van der Waals surface area contributed by atoms with Gasteiger partial charge < -0.3 is 10.3 Å². The largest absolute Gasteiger partial charge is 0.347 e. The van der Waals surface area contributed by atoms with Gasteiger partial charge in [0.25, 0.3) is 0 Å². The van der Waals surface area contributed by atoms with Crippen LogP contribution in [0.25, 0.3) is 10.9 Å². The first kappa shape index (κ1) is 10.8. The van der Waals surface area contributed by atoms with E-state index in [0.29, 0.717) is 5.41 Å². The van der Waals surface area contributed by atoms with Crippen LogP contribution in [0, 0.1) is 11.2 Å². The summed E-state index contributed by atoms with van der Waals surface area (Å²) in [6.45, 7) is 1.77. The minimum Gasteiger partial charge on any atom is -0.347 e. The number of fused-ring (bicyclic) bond motifs is 1. The molecule has 3 rings (SSSR count). The molecule has 0 radical (unpaired) electrons. The maximum atomic E-state index is 13.1. The second kappa shape index (κ2) is 3.84. The second-order valence-electron chi connectivity index (χ2n) is 5.19. The molecule has 17 heavy (non-hydrogen) atoms. The number of hydrogen-bond acceptors (Lipinski definition) is 1. The molecule has 2 N–H and O–H groups in total. The molecule has 2 nitrogen and oxygen atoms in total. The van der Waals surface area contributed by atoms with Gasteiger partial charge in [-0.3, -0.25) is 0 Å².